The van der Waals surface area contributed by atoms with Crippen molar-refractivity contribution in [3.05, 3.63) is 22.8 Å². The first-order valence-electron chi connectivity index (χ1n) is 5.54. The summed E-state index contributed by atoms with van der Waals surface area (Å²) in [5.41, 5.74) is 2.90. The Labute approximate surface area is 92.7 Å². The molecule has 2 heteroatoms. The summed E-state index contributed by atoms with van der Waals surface area (Å²) < 4.78 is 0. The van der Waals surface area contributed by atoms with Gasteiger partial charge in [0.2, 0.25) is 0 Å². The highest BCUT2D eigenvalue weighted by Crippen LogP contribution is 2.16. The van der Waals surface area contributed by atoms with Crippen LogP contribution in [0.1, 0.15) is 53.4 Å². The van der Waals surface area contributed by atoms with E-state index in [9.17, 15) is 4.79 Å². The Morgan fingerprint density at radius 1 is 1.20 bits per heavy atom. The van der Waals surface area contributed by atoms with Gasteiger partial charge in [-0.1, -0.05) is 30.6 Å². The van der Waals surface area contributed by atoms with Crippen molar-refractivity contribution in [2.45, 2.75) is 53.4 Å². The Hall–Kier alpha value is -1.05. The lowest BCUT2D eigenvalue weighted by Gasteiger charge is -2.06. The molecule has 0 saturated carbocycles. The third-order valence-electron chi connectivity index (χ3n) is 2.35. The Morgan fingerprint density at radius 2 is 1.80 bits per heavy atom. The molecule has 0 fully saturated rings. The van der Waals surface area contributed by atoms with Gasteiger partial charge in [-0.15, -0.1) is 0 Å². The average Bonchev–Trinajstić information content (AvgIpc) is 2.12. The smallest absolute Gasteiger partial charge is 0.331 e. The Bertz CT molecular complexity index is 268. The monoisotopic (exact) mass is 210 g/mol. The number of carbonyl (C=O) groups is 1. The van der Waals surface area contributed by atoms with Gasteiger partial charge in [-0.3, -0.25) is 0 Å². The van der Waals surface area contributed by atoms with Crippen LogP contribution in [-0.2, 0) is 4.79 Å². The molecule has 0 rings (SSSR count). The highest BCUT2D eigenvalue weighted by Gasteiger charge is 2.09. The highest BCUT2D eigenvalue weighted by molar-refractivity contribution is 5.87. The van der Waals surface area contributed by atoms with Crippen LogP contribution in [0, 0.1) is 0 Å². The number of rotatable bonds is 6. The molecule has 0 spiro atoms. The molecule has 0 aliphatic carbocycles. The van der Waals surface area contributed by atoms with Gasteiger partial charge in [-0.05, 0) is 40.0 Å². The van der Waals surface area contributed by atoms with E-state index in [0.717, 1.165) is 24.8 Å². The Morgan fingerprint density at radius 3 is 2.20 bits per heavy atom. The fourth-order valence-corrected chi connectivity index (χ4v) is 1.48. The molecule has 0 aliphatic heterocycles. The first-order chi connectivity index (χ1) is 6.99. The lowest BCUT2D eigenvalue weighted by atomic mass is 10.0. The molecule has 0 aromatic rings. The molecule has 0 amide bonds. The van der Waals surface area contributed by atoms with Gasteiger partial charge < -0.3 is 5.11 Å². The predicted octanol–water partition coefficient (Wildman–Crippen LogP) is 3.93. The van der Waals surface area contributed by atoms with E-state index in [-0.39, 0.29) is 0 Å². The van der Waals surface area contributed by atoms with Gasteiger partial charge in [-0.25, -0.2) is 4.79 Å². The van der Waals surface area contributed by atoms with Crippen molar-refractivity contribution in [1.29, 1.82) is 0 Å². The van der Waals surface area contributed by atoms with Crippen LogP contribution in [0.2, 0.25) is 0 Å². The van der Waals surface area contributed by atoms with Crippen molar-refractivity contribution in [3.8, 4) is 0 Å². The molecule has 0 unspecified atom stereocenters. The second-order valence-corrected chi connectivity index (χ2v) is 4.13. The second kappa shape index (κ2) is 7.27. The van der Waals surface area contributed by atoms with E-state index in [2.05, 4.69) is 19.9 Å². The van der Waals surface area contributed by atoms with E-state index in [1.807, 2.05) is 13.8 Å². The van der Waals surface area contributed by atoms with E-state index < -0.39 is 5.97 Å². The topological polar surface area (TPSA) is 37.3 Å². The SMILES string of the molecule is CCC/C(C(=O)O)=C(/C)CCC=C(C)C. The first kappa shape index (κ1) is 13.9. The molecule has 0 aromatic carbocycles. The lowest BCUT2D eigenvalue weighted by Crippen LogP contribution is -2.03. The minimum Gasteiger partial charge on any atom is -0.478 e. The van der Waals surface area contributed by atoms with Gasteiger partial charge in [0, 0.05) is 5.57 Å². The van der Waals surface area contributed by atoms with Crippen molar-refractivity contribution in [2.75, 3.05) is 0 Å². The summed E-state index contributed by atoms with van der Waals surface area (Å²) in [5, 5.41) is 9.01. The van der Waals surface area contributed by atoms with Crippen molar-refractivity contribution in [3.63, 3.8) is 0 Å². The molecular formula is C13H22O2. The fraction of sp³-hybridized carbons (Fsp3) is 0.615. The number of aliphatic carboxylic acids is 1. The third kappa shape index (κ3) is 6.10. The van der Waals surface area contributed by atoms with Crippen LogP contribution in [0.3, 0.4) is 0 Å². The number of allylic oxidation sites excluding steroid dienone is 3. The molecule has 0 bridgehead atoms. The van der Waals surface area contributed by atoms with Crippen LogP contribution in [-0.4, -0.2) is 11.1 Å². The van der Waals surface area contributed by atoms with Gasteiger partial charge >= 0.3 is 5.97 Å². The number of carboxylic acids is 1. The summed E-state index contributed by atoms with van der Waals surface area (Å²) in [6.45, 7) is 8.05. The maximum atomic E-state index is 11.0. The fourth-order valence-electron chi connectivity index (χ4n) is 1.48. The van der Waals surface area contributed by atoms with E-state index >= 15 is 0 Å². The highest BCUT2D eigenvalue weighted by atomic mass is 16.4. The lowest BCUT2D eigenvalue weighted by molar-refractivity contribution is -0.132. The zero-order valence-corrected chi connectivity index (χ0v) is 10.3. The molecule has 0 radical (unpaired) electrons. The van der Waals surface area contributed by atoms with Crippen LogP contribution < -0.4 is 0 Å². The summed E-state index contributed by atoms with van der Waals surface area (Å²) >= 11 is 0. The Kier molecular flexibility index (Phi) is 6.76. The second-order valence-electron chi connectivity index (χ2n) is 4.13. The maximum absolute atomic E-state index is 11.0. The van der Waals surface area contributed by atoms with Crippen molar-refractivity contribution < 1.29 is 9.90 Å². The van der Waals surface area contributed by atoms with Crippen LogP contribution in [0.25, 0.3) is 0 Å². The number of carboxylic acid groups (broad SMARTS) is 1. The van der Waals surface area contributed by atoms with Gasteiger partial charge in [-0.2, -0.15) is 0 Å². The molecule has 0 heterocycles. The zero-order chi connectivity index (χ0) is 11.8. The molecule has 0 aromatic heterocycles. The van der Waals surface area contributed by atoms with Gasteiger partial charge in [0.15, 0.2) is 0 Å². The Balaban J connectivity index is 4.44. The number of hydrogen-bond acceptors (Lipinski definition) is 1. The quantitative estimate of drug-likeness (QED) is 0.532. The standard InChI is InChI=1S/C13H22O2/c1-5-7-12(13(14)15)11(4)9-6-8-10(2)3/h8H,5-7,9H2,1-4H3,(H,14,15)/b12-11+. The van der Waals surface area contributed by atoms with Crippen LogP contribution in [0.15, 0.2) is 22.8 Å². The molecule has 15 heavy (non-hydrogen) atoms. The zero-order valence-electron chi connectivity index (χ0n) is 10.3. The van der Waals surface area contributed by atoms with E-state index in [4.69, 9.17) is 5.11 Å². The summed E-state index contributed by atoms with van der Waals surface area (Å²) in [4.78, 5) is 11.0. The van der Waals surface area contributed by atoms with E-state index in [0.29, 0.717) is 12.0 Å². The summed E-state index contributed by atoms with van der Waals surface area (Å²) in [6, 6.07) is 0. The van der Waals surface area contributed by atoms with Crippen LogP contribution in [0.4, 0.5) is 0 Å². The molecule has 0 atom stereocenters. The summed E-state index contributed by atoms with van der Waals surface area (Å²) in [7, 11) is 0. The predicted molar refractivity (Wildman–Crippen MR) is 63.9 cm³/mol. The van der Waals surface area contributed by atoms with Crippen LogP contribution >= 0.6 is 0 Å². The molecule has 0 aliphatic rings. The normalized spacial score (nSPS) is 12.0. The summed E-state index contributed by atoms with van der Waals surface area (Å²) in [6.07, 6.45) is 5.51. The number of hydrogen-bond donors (Lipinski definition) is 1. The van der Waals surface area contributed by atoms with Gasteiger partial charge in [0.25, 0.3) is 0 Å². The maximum Gasteiger partial charge on any atom is 0.331 e. The van der Waals surface area contributed by atoms with Crippen LogP contribution in [0.5, 0.6) is 0 Å². The van der Waals surface area contributed by atoms with Crippen molar-refractivity contribution >= 4 is 5.97 Å². The molecule has 1 N–H and O–H groups in total. The molecule has 86 valence electrons. The van der Waals surface area contributed by atoms with E-state index in [1.165, 1.54) is 5.57 Å². The summed E-state index contributed by atoms with van der Waals surface area (Å²) in [5.74, 6) is -0.758. The van der Waals surface area contributed by atoms with Crippen molar-refractivity contribution in [2.24, 2.45) is 0 Å². The molecular weight excluding hydrogens is 188 g/mol. The van der Waals surface area contributed by atoms with Gasteiger partial charge in [0.05, 0.1) is 0 Å². The largest absolute Gasteiger partial charge is 0.478 e. The third-order valence-corrected chi connectivity index (χ3v) is 2.35. The first-order valence-corrected chi connectivity index (χ1v) is 5.54. The minimum absolute atomic E-state index is 0.597. The minimum atomic E-state index is -0.758. The van der Waals surface area contributed by atoms with Crippen molar-refractivity contribution in [1.82, 2.24) is 0 Å². The van der Waals surface area contributed by atoms with E-state index in [1.54, 1.807) is 0 Å². The molecule has 2 nitrogen and oxygen atoms in total. The van der Waals surface area contributed by atoms with Gasteiger partial charge in [0.1, 0.15) is 0 Å². The molecule has 0 saturated heterocycles. The average molecular weight is 210 g/mol.